The van der Waals surface area contributed by atoms with Gasteiger partial charge in [0.1, 0.15) is 18.2 Å². The highest BCUT2D eigenvalue weighted by molar-refractivity contribution is 5.80. The van der Waals surface area contributed by atoms with E-state index in [-0.39, 0.29) is 18.0 Å². The smallest absolute Gasteiger partial charge is 0.258 e. The average Bonchev–Trinajstić information content (AvgIpc) is 2.67. The predicted octanol–water partition coefficient (Wildman–Crippen LogP) is 4.41. The first-order valence-electron chi connectivity index (χ1n) is 8.56. The third kappa shape index (κ3) is 3.72. The third-order valence-electron chi connectivity index (χ3n) is 4.30. The standard InChI is InChI=1S/C22H17FN2O2/c1-15-2-5-17-12-19(8-9-21(17)24-15)25-11-10-20(13-22(25)26)27-14-16-3-6-18(23)7-4-16/h2-13H,14H2,1H3. The summed E-state index contributed by atoms with van der Waals surface area (Å²) in [5.74, 6) is 0.181. The minimum Gasteiger partial charge on any atom is -0.489 e. The molecule has 0 amide bonds. The maximum Gasteiger partial charge on any atom is 0.258 e. The molecule has 0 bridgehead atoms. The number of pyridine rings is 2. The van der Waals surface area contributed by atoms with Crippen LogP contribution in [0.5, 0.6) is 5.75 Å². The number of aryl methyl sites for hydroxylation is 1. The van der Waals surface area contributed by atoms with Crippen LogP contribution in [0, 0.1) is 12.7 Å². The molecule has 2 aromatic carbocycles. The summed E-state index contributed by atoms with van der Waals surface area (Å²) in [5.41, 5.74) is 3.26. The highest BCUT2D eigenvalue weighted by Gasteiger charge is 2.05. The zero-order chi connectivity index (χ0) is 18.8. The fourth-order valence-electron chi connectivity index (χ4n) is 2.88. The van der Waals surface area contributed by atoms with E-state index in [0.29, 0.717) is 5.75 Å². The molecule has 4 rings (SSSR count). The van der Waals surface area contributed by atoms with Gasteiger partial charge in [0, 0.05) is 29.0 Å². The molecule has 0 unspecified atom stereocenters. The van der Waals surface area contributed by atoms with Crippen molar-refractivity contribution in [2.24, 2.45) is 0 Å². The molecule has 0 N–H and O–H groups in total. The summed E-state index contributed by atoms with van der Waals surface area (Å²) in [5, 5.41) is 0.974. The quantitative estimate of drug-likeness (QED) is 0.541. The Bertz CT molecular complexity index is 1170. The first-order valence-corrected chi connectivity index (χ1v) is 8.56. The van der Waals surface area contributed by atoms with Crippen LogP contribution in [-0.4, -0.2) is 9.55 Å². The second-order valence-corrected chi connectivity index (χ2v) is 6.32. The van der Waals surface area contributed by atoms with Gasteiger partial charge in [0.05, 0.1) is 5.52 Å². The van der Waals surface area contributed by atoms with Crippen molar-refractivity contribution >= 4 is 10.9 Å². The summed E-state index contributed by atoms with van der Waals surface area (Å²) in [7, 11) is 0. The molecule has 134 valence electrons. The molecule has 0 atom stereocenters. The molecule has 0 aliphatic heterocycles. The van der Waals surface area contributed by atoms with Gasteiger partial charge in [-0.1, -0.05) is 18.2 Å². The maximum atomic E-state index is 12.9. The molecule has 0 spiro atoms. The van der Waals surface area contributed by atoms with Crippen LogP contribution in [0.15, 0.2) is 77.7 Å². The van der Waals surface area contributed by atoms with E-state index in [2.05, 4.69) is 4.98 Å². The highest BCUT2D eigenvalue weighted by Crippen LogP contribution is 2.18. The van der Waals surface area contributed by atoms with Crippen molar-refractivity contribution in [3.63, 3.8) is 0 Å². The summed E-state index contributed by atoms with van der Waals surface area (Å²) in [6.07, 6.45) is 1.69. The van der Waals surface area contributed by atoms with Crippen LogP contribution in [0.2, 0.25) is 0 Å². The van der Waals surface area contributed by atoms with Gasteiger partial charge in [-0.2, -0.15) is 0 Å². The summed E-state index contributed by atoms with van der Waals surface area (Å²) in [6.45, 7) is 2.22. The molecule has 0 saturated heterocycles. The molecule has 0 saturated carbocycles. The molecule has 4 nitrogen and oxygen atoms in total. The third-order valence-corrected chi connectivity index (χ3v) is 4.30. The van der Waals surface area contributed by atoms with E-state index in [1.165, 1.54) is 18.2 Å². The van der Waals surface area contributed by atoms with Crippen LogP contribution in [0.3, 0.4) is 0 Å². The van der Waals surface area contributed by atoms with Crippen molar-refractivity contribution in [1.29, 1.82) is 0 Å². The zero-order valence-electron chi connectivity index (χ0n) is 14.7. The van der Waals surface area contributed by atoms with Crippen LogP contribution in [0.4, 0.5) is 4.39 Å². The van der Waals surface area contributed by atoms with Crippen molar-refractivity contribution in [3.05, 3.63) is 100 Å². The molecule has 5 heteroatoms. The summed E-state index contributed by atoms with van der Waals surface area (Å²) >= 11 is 0. The van der Waals surface area contributed by atoms with Gasteiger partial charge in [-0.15, -0.1) is 0 Å². The normalized spacial score (nSPS) is 10.9. The minimum absolute atomic E-state index is 0.189. The van der Waals surface area contributed by atoms with Crippen molar-refractivity contribution in [2.75, 3.05) is 0 Å². The van der Waals surface area contributed by atoms with E-state index >= 15 is 0 Å². The van der Waals surface area contributed by atoms with E-state index in [1.54, 1.807) is 29.0 Å². The van der Waals surface area contributed by atoms with Gasteiger partial charge in [0.2, 0.25) is 0 Å². The molecule has 2 aromatic heterocycles. The van der Waals surface area contributed by atoms with Crippen LogP contribution in [0.25, 0.3) is 16.6 Å². The predicted molar refractivity (Wildman–Crippen MR) is 103 cm³/mol. The Morgan fingerprint density at radius 2 is 1.81 bits per heavy atom. The highest BCUT2D eigenvalue weighted by atomic mass is 19.1. The first kappa shape index (κ1) is 17.0. The number of benzene rings is 2. The van der Waals surface area contributed by atoms with Gasteiger partial charge in [-0.05, 0) is 55.0 Å². The van der Waals surface area contributed by atoms with Crippen molar-refractivity contribution < 1.29 is 9.13 Å². The molecular weight excluding hydrogens is 343 g/mol. The molecule has 0 aliphatic carbocycles. The van der Waals surface area contributed by atoms with E-state index in [1.807, 2.05) is 37.3 Å². The van der Waals surface area contributed by atoms with E-state index in [4.69, 9.17) is 4.74 Å². The van der Waals surface area contributed by atoms with Gasteiger partial charge in [0.15, 0.2) is 0 Å². The molecular formula is C22H17FN2O2. The number of fused-ring (bicyclic) bond motifs is 1. The van der Waals surface area contributed by atoms with Crippen LogP contribution in [0.1, 0.15) is 11.3 Å². The Morgan fingerprint density at radius 3 is 2.59 bits per heavy atom. The van der Waals surface area contributed by atoms with Gasteiger partial charge >= 0.3 is 0 Å². The number of hydrogen-bond donors (Lipinski definition) is 0. The first-order chi connectivity index (χ1) is 13.1. The van der Waals surface area contributed by atoms with E-state index in [0.717, 1.165) is 27.8 Å². The van der Waals surface area contributed by atoms with Crippen molar-refractivity contribution in [1.82, 2.24) is 9.55 Å². The lowest BCUT2D eigenvalue weighted by molar-refractivity contribution is 0.305. The molecule has 2 heterocycles. The molecule has 27 heavy (non-hydrogen) atoms. The molecule has 0 aliphatic rings. The number of halogens is 1. The Labute approximate surface area is 155 Å². The molecule has 4 aromatic rings. The number of aromatic nitrogens is 2. The fraction of sp³-hybridized carbons (Fsp3) is 0.0909. The van der Waals surface area contributed by atoms with E-state index < -0.39 is 0 Å². The summed E-state index contributed by atoms with van der Waals surface area (Å²) in [4.78, 5) is 17.0. The number of ether oxygens (including phenoxy) is 1. The lowest BCUT2D eigenvalue weighted by atomic mass is 10.2. The number of hydrogen-bond acceptors (Lipinski definition) is 3. The van der Waals surface area contributed by atoms with Crippen molar-refractivity contribution in [3.8, 4) is 11.4 Å². The second-order valence-electron chi connectivity index (χ2n) is 6.32. The van der Waals surface area contributed by atoms with Crippen molar-refractivity contribution in [2.45, 2.75) is 13.5 Å². The lowest BCUT2D eigenvalue weighted by Crippen LogP contribution is -2.16. The zero-order valence-corrected chi connectivity index (χ0v) is 14.7. The summed E-state index contributed by atoms with van der Waals surface area (Å²) in [6, 6.07) is 18.9. The SMILES string of the molecule is Cc1ccc2cc(-n3ccc(OCc4ccc(F)cc4)cc3=O)ccc2n1. The Hall–Kier alpha value is -3.47. The van der Waals surface area contributed by atoms with Gasteiger partial charge in [-0.25, -0.2) is 4.39 Å². The second kappa shape index (κ2) is 7.03. The van der Waals surface area contributed by atoms with Crippen LogP contribution < -0.4 is 10.3 Å². The van der Waals surface area contributed by atoms with Crippen LogP contribution >= 0.6 is 0 Å². The fourth-order valence-corrected chi connectivity index (χ4v) is 2.88. The molecule has 0 fully saturated rings. The number of nitrogens with zero attached hydrogens (tertiary/aromatic N) is 2. The monoisotopic (exact) mass is 360 g/mol. The Kier molecular flexibility index (Phi) is 4.42. The molecule has 0 radical (unpaired) electrons. The van der Waals surface area contributed by atoms with Gasteiger partial charge < -0.3 is 4.74 Å². The van der Waals surface area contributed by atoms with Crippen LogP contribution in [-0.2, 0) is 6.61 Å². The summed E-state index contributed by atoms with van der Waals surface area (Å²) < 4.78 is 20.1. The van der Waals surface area contributed by atoms with E-state index in [9.17, 15) is 9.18 Å². The maximum absolute atomic E-state index is 12.9. The number of rotatable bonds is 4. The average molecular weight is 360 g/mol. The largest absolute Gasteiger partial charge is 0.489 e. The Balaban J connectivity index is 1.57. The lowest BCUT2D eigenvalue weighted by Gasteiger charge is -2.10. The topological polar surface area (TPSA) is 44.1 Å². The Morgan fingerprint density at radius 1 is 1.00 bits per heavy atom. The van der Waals surface area contributed by atoms with Gasteiger partial charge in [0.25, 0.3) is 5.56 Å². The minimum atomic E-state index is -0.290. The van der Waals surface area contributed by atoms with Gasteiger partial charge in [-0.3, -0.25) is 14.3 Å².